The number of aromatic nitrogens is 9. The summed E-state index contributed by atoms with van der Waals surface area (Å²) in [5, 5.41) is 37.1. The maximum atomic E-state index is 11.3. The van der Waals surface area contributed by atoms with Crippen LogP contribution in [0.3, 0.4) is 0 Å². The van der Waals surface area contributed by atoms with Crippen LogP contribution < -0.4 is 14.0 Å². The molecule has 2 aromatic carbocycles. The number of carbonyl (C=O) groups is 2. The third-order valence-electron chi connectivity index (χ3n) is 5.95. The van der Waals surface area contributed by atoms with Gasteiger partial charge in [0.1, 0.15) is 17.7 Å². The number of hydrogen-bond acceptors (Lipinski definition) is 10. The molecule has 4 aromatic heterocycles. The van der Waals surface area contributed by atoms with Gasteiger partial charge in [0.25, 0.3) is 11.8 Å². The van der Waals surface area contributed by atoms with E-state index in [1.54, 1.807) is 65.4 Å². The van der Waals surface area contributed by atoms with Gasteiger partial charge < -0.3 is 19.7 Å². The van der Waals surface area contributed by atoms with Crippen molar-refractivity contribution in [2.24, 2.45) is 0 Å². The van der Waals surface area contributed by atoms with Crippen molar-refractivity contribution in [3.8, 4) is 52.8 Å². The first-order valence-corrected chi connectivity index (χ1v) is 13.1. The number of pyridine rings is 1. The van der Waals surface area contributed by atoms with Gasteiger partial charge in [-0.3, -0.25) is 0 Å². The van der Waals surface area contributed by atoms with E-state index in [1.165, 1.54) is 0 Å². The summed E-state index contributed by atoms with van der Waals surface area (Å²) in [5.74, 6) is 10.9. The number of carboxylic acid groups (broad SMARTS) is 2. The van der Waals surface area contributed by atoms with Crippen LogP contribution in [0.4, 0.5) is 0 Å². The van der Waals surface area contributed by atoms with Crippen molar-refractivity contribution < 1.29 is 33.8 Å². The second-order valence-electron chi connectivity index (χ2n) is 9.09. The van der Waals surface area contributed by atoms with Crippen LogP contribution in [0.2, 0.25) is 0 Å². The molecule has 15 nitrogen and oxygen atoms in total. The van der Waals surface area contributed by atoms with Crippen molar-refractivity contribution in [2.75, 3.05) is 0 Å². The van der Waals surface area contributed by atoms with E-state index in [2.05, 4.69) is 64.5 Å². The molecule has 4 N–H and O–H groups in total. The Labute approximate surface area is 258 Å². The fourth-order valence-electron chi connectivity index (χ4n) is 3.84. The predicted molar refractivity (Wildman–Crippen MR) is 155 cm³/mol. The molecule has 46 heavy (non-hydrogen) atoms. The fraction of sp³-hybridized carbons (Fsp3) is 0. The fourth-order valence-corrected chi connectivity index (χ4v) is 3.84. The minimum absolute atomic E-state index is 0.139. The van der Waals surface area contributed by atoms with E-state index in [-0.39, 0.29) is 29.0 Å². The topological polar surface area (TPSA) is 206 Å². The van der Waals surface area contributed by atoms with Gasteiger partial charge in [0.05, 0.1) is 17.8 Å². The molecule has 0 aliphatic carbocycles. The molecule has 0 saturated heterocycles. The van der Waals surface area contributed by atoms with Crippen LogP contribution in [0.1, 0.15) is 43.5 Å². The quantitative estimate of drug-likeness (QED) is 0.152. The largest absolute Gasteiger partial charge is 0.476 e. The molecule has 4 heterocycles. The summed E-state index contributed by atoms with van der Waals surface area (Å²) in [4.78, 5) is 31.2. The lowest BCUT2D eigenvalue weighted by atomic mass is 10.2. The molecular formula is C31H18N9O6+. The first-order valence-electron chi connectivity index (χ1n) is 13.1. The van der Waals surface area contributed by atoms with E-state index >= 15 is 0 Å². The van der Waals surface area contributed by atoms with E-state index in [4.69, 9.17) is 14.6 Å². The third-order valence-corrected chi connectivity index (χ3v) is 5.95. The average Bonchev–Trinajstić information content (AvgIpc) is 3.74. The van der Waals surface area contributed by atoms with Crippen LogP contribution in [-0.4, -0.2) is 62.9 Å². The van der Waals surface area contributed by atoms with Gasteiger partial charge >= 0.3 is 23.6 Å². The lowest BCUT2D eigenvalue weighted by Crippen LogP contribution is -2.31. The van der Waals surface area contributed by atoms with Crippen LogP contribution in [0.5, 0.6) is 23.3 Å². The summed E-state index contributed by atoms with van der Waals surface area (Å²) in [6, 6.07) is 18.9. The van der Waals surface area contributed by atoms with Crippen LogP contribution in [0.15, 0.2) is 85.3 Å². The molecule has 0 bridgehead atoms. The van der Waals surface area contributed by atoms with Crippen molar-refractivity contribution >= 4 is 11.9 Å². The number of hydrogen-bond donors (Lipinski definition) is 4. The van der Waals surface area contributed by atoms with Gasteiger partial charge in [0.15, 0.2) is 0 Å². The predicted octanol–water partition coefficient (Wildman–Crippen LogP) is 2.77. The Hall–Kier alpha value is -7.39. The highest BCUT2D eigenvalue weighted by Crippen LogP contribution is 2.23. The maximum Gasteiger partial charge on any atom is 0.359 e. The minimum Gasteiger partial charge on any atom is -0.476 e. The zero-order valence-corrected chi connectivity index (χ0v) is 23.2. The number of nitrogens with zero attached hydrogens (tertiary/aromatic N) is 7. The van der Waals surface area contributed by atoms with Crippen molar-refractivity contribution in [1.29, 1.82) is 0 Å². The summed E-state index contributed by atoms with van der Waals surface area (Å²) in [6.45, 7) is 0. The molecule has 0 radical (unpaired) electrons. The van der Waals surface area contributed by atoms with E-state index in [9.17, 15) is 14.7 Å². The van der Waals surface area contributed by atoms with Crippen LogP contribution in [-0.2, 0) is 0 Å². The van der Waals surface area contributed by atoms with Gasteiger partial charge in [-0.15, -0.1) is 0 Å². The first kappa shape index (κ1) is 28.7. The number of aromatic amines is 2. The standard InChI is InChI=1S/C31H17N9O6/c41-30(42)26-28(36-38-34-26)45-22-11-8-19(9-12-22)6-7-21-4-2-16-40(18-21)25-14-15-32-24(33-25)13-10-20-3-1-5-23(17-20)46-29-27(31(43)44)35-39-37-29/h1-5,8-9,11-12,14-18H,(H3-,34,35,36,37,38,39,41,42,43,44)/p+1. The molecule has 0 fully saturated rings. The zero-order chi connectivity index (χ0) is 31.9. The Morgan fingerprint density at radius 3 is 2.09 bits per heavy atom. The zero-order valence-electron chi connectivity index (χ0n) is 23.2. The molecule has 0 spiro atoms. The highest BCUT2D eigenvalue weighted by Gasteiger charge is 2.17. The Kier molecular flexibility index (Phi) is 8.03. The van der Waals surface area contributed by atoms with Gasteiger partial charge in [-0.2, -0.15) is 0 Å². The Morgan fingerprint density at radius 1 is 0.717 bits per heavy atom. The molecule has 0 atom stereocenters. The molecule has 222 valence electrons. The second-order valence-corrected chi connectivity index (χ2v) is 9.09. The van der Waals surface area contributed by atoms with Crippen LogP contribution >= 0.6 is 0 Å². The van der Waals surface area contributed by atoms with Gasteiger partial charge in [0, 0.05) is 23.2 Å². The van der Waals surface area contributed by atoms with Crippen LogP contribution in [0, 0.1) is 23.7 Å². The smallest absolute Gasteiger partial charge is 0.359 e. The molecule has 6 rings (SSSR count). The third kappa shape index (κ3) is 6.80. The summed E-state index contributed by atoms with van der Waals surface area (Å²) in [5.41, 5.74) is 1.50. The second kappa shape index (κ2) is 12.9. The molecule has 0 saturated carbocycles. The van der Waals surface area contributed by atoms with E-state index in [0.29, 0.717) is 28.4 Å². The molecule has 0 unspecified atom stereocenters. The average molecular weight is 613 g/mol. The highest BCUT2D eigenvalue weighted by molar-refractivity contribution is 5.88. The number of H-pyrrole nitrogens is 2. The van der Waals surface area contributed by atoms with Gasteiger partial charge in [-0.1, -0.05) is 44.5 Å². The number of carboxylic acids is 2. The molecule has 0 aliphatic heterocycles. The van der Waals surface area contributed by atoms with Crippen molar-refractivity contribution in [3.63, 3.8) is 0 Å². The normalized spacial score (nSPS) is 10.2. The molecule has 15 heteroatoms. The van der Waals surface area contributed by atoms with Crippen molar-refractivity contribution in [1.82, 2.24) is 40.8 Å². The number of ether oxygens (including phenoxy) is 2. The summed E-state index contributed by atoms with van der Waals surface area (Å²) in [7, 11) is 0. The Balaban J connectivity index is 1.14. The summed E-state index contributed by atoms with van der Waals surface area (Å²) in [6.07, 6.45) is 5.23. The maximum absolute atomic E-state index is 11.3. The first-order chi connectivity index (χ1) is 22.4. The number of benzene rings is 2. The molecule has 0 amide bonds. The van der Waals surface area contributed by atoms with Crippen molar-refractivity contribution in [2.45, 2.75) is 0 Å². The monoisotopic (exact) mass is 612 g/mol. The Morgan fingerprint density at radius 2 is 1.37 bits per heavy atom. The molecular weight excluding hydrogens is 594 g/mol. The van der Waals surface area contributed by atoms with Crippen molar-refractivity contribution in [3.05, 3.63) is 119 Å². The summed E-state index contributed by atoms with van der Waals surface area (Å²) >= 11 is 0. The number of nitrogens with one attached hydrogen (secondary N) is 2. The van der Waals surface area contributed by atoms with Gasteiger partial charge in [-0.25, -0.2) is 29.3 Å². The van der Waals surface area contributed by atoms with Crippen LogP contribution in [0.25, 0.3) is 5.82 Å². The van der Waals surface area contributed by atoms with Gasteiger partial charge in [0.2, 0.25) is 11.4 Å². The minimum atomic E-state index is -1.25. The lowest BCUT2D eigenvalue weighted by Gasteiger charge is -2.02. The highest BCUT2D eigenvalue weighted by atomic mass is 16.5. The summed E-state index contributed by atoms with van der Waals surface area (Å²) < 4.78 is 12.8. The van der Waals surface area contributed by atoms with E-state index in [0.717, 1.165) is 5.56 Å². The SMILES string of the molecule is O=C(O)c1[nH]nnc1Oc1ccc(C#Cc2ccc[n+](-c3ccnc(C#Cc4cccc(Oc5nn[nH]c5C(=O)O)c4)n3)c2)cc1. The van der Waals surface area contributed by atoms with E-state index in [1.807, 2.05) is 24.5 Å². The number of aromatic carboxylic acids is 2. The lowest BCUT2D eigenvalue weighted by molar-refractivity contribution is -0.599. The Bertz CT molecular complexity index is 2210. The number of rotatable bonds is 7. The van der Waals surface area contributed by atoms with E-state index < -0.39 is 11.9 Å². The molecule has 6 aromatic rings. The molecule has 0 aliphatic rings. The van der Waals surface area contributed by atoms with Gasteiger partial charge in [-0.05, 0) is 59.6 Å².